The molecule has 0 saturated carbocycles. The molecular formula is C15H27O9P3. The molecule has 156 valence electrons. The molecule has 0 aromatic heterocycles. The molecule has 2 saturated heterocycles. The van der Waals surface area contributed by atoms with Gasteiger partial charge in [0.05, 0.1) is 29.7 Å². The molecule has 0 radical (unpaired) electrons. The van der Waals surface area contributed by atoms with E-state index in [1.165, 1.54) is 0 Å². The van der Waals surface area contributed by atoms with Gasteiger partial charge in [-0.05, 0) is 25.7 Å². The fraction of sp³-hybridized carbons (Fsp3) is 0.867. The lowest BCUT2D eigenvalue weighted by atomic mass is 9.75. The van der Waals surface area contributed by atoms with Gasteiger partial charge in [0, 0.05) is 13.3 Å². The Morgan fingerprint density at radius 2 is 1.33 bits per heavy atom. The molecule has 0 aliphatic carbocycles. The Hall–Kier alpha value is -0.130. The maximum atomic E-state index is 12.5. The minimum atomic E-state index is -4.62. The highest BCUT2D eigenvalue weighted by Crippen LogP contribution is 2.57. The van der Waals surface area contributed by atoms with Gasteiger partial charge in [0.15, 0.2) is 0 Å². The average Bonchev–Trinajstić information content (AvgIpc) is 2.58. The molecule has 0 aromatic rings. The molecule has 2 aliphatic heterocycles. The SMILES string of the molecule is CCC1(CC(CC2(CC)COP(C)OC2=O)P(=O)(O)O)COP(C)OC1=O. The first-order chi connectivity index (χ1) is 12.5. The third kappa shape index (κ3) is 5.08. The zero-order chi connectivity index (χ0) is 20.5. The van der Waals surface area contributed by atoms with Crippen LogP contribution in [0, 0.1) is 10.8 Å². The summed E-state index contributed by atoms with van der Waals surface area (Å²) in [5.74, 6) is -1.01. The summed E-state index contributed by atoms with van der Waals surface area (Å²) in [4.78, 5) is 45.0. The third-order valence-corrected chi connectivity index (χ3v) is 8.56. The van der Waals surface area contributed by atoms with Crippen molar-refractivity contribution >= 4 is 36.3 Å². The molecule has 2 N–H and O–H groups in total. The summed E-state index contributed by atoms with van der Waals surface area (Å²) in [7, 11) is -7.27. The van der Waals surface area contributed by atoms with Gasteiger partial charge in [0.1, 0.15) is 0 Å². The molecular weight excluding hydrogens is 417 g/mol. The van der Waals surface area contributed by atoms with Crippen molar-refractivity contribution in [1.29, 1.82) is 0 Å². The van der Waals surface area contributed by atoms with Crippen molar-refractivity contribution in [3.05, 3.63) is 0 Å². The van der Waals surface area contributed by atoms with Crippen LogP contribution in [0.3, 0.4) is 0 Å². The van der Waals surface area contributed by atoms with E-state index in [1.54, 1.807) is 27.2 Å². The van der Waals surface area contributed by atoms with Crippen molar-refractivity contribution in [2.45, 2.75) is 45.2 Å². The Bertz CT molecular complexity index is 582. The van der Waals surface area contributed by atoms with Gasteiger partial charge in [-0.15, -0.1) is 0 Å². The van der Waals surface area contributed by atoms with Crippen molar-refractivity contribution in [2.75, 3.05) is 26.5 Å². The molecule has 4 unspecified atom stereocenters. The number of carbonyl (C=O) groups excluding carboxylic acids is 2. The first kappa shape index (κ1) is 23.2. The van der Waals surface area contributed by atoms with Crippen LogP contribution in [0.1, 0.15) is 39.5 Å². The monoisotopic (exact) mass is 444 g/mol. The van der Waals surface area contributed by atoms with Gasteiger partial charge < -0.3 is 27.9 Å². The molecule has 12 heteroatoms. The Labute approximate surface area is 161 Å². The zero-order valence-corrected chi connectivity index (χ0v) is 18.6. The van der Waals surface area contributed by atoms with E-state index in [0.29, 0.717) is 12.8 Å². The average molecular weight is 444 g/mol. The smallest absolute Gasteiger partial charge is 0.328 e. The highest BCUT2D eigenvalue weighted by molar-refractivity contribution is 7.52. The molecule has 4 atom stereocenters. The van der Waals surface area contributed by atoms with E-state index in [2.05, 4.69) is 0 Å². The first-order valence-electron chi connectivity index (χ1n) is 8.71. The highest BCUT2D eigenvalue weighted by Gasteiger charge is 2.53. The van der Waals surface area contributed by atoms with Crippen LogP contribution in [0.5, 0.6) is 0 Å². The molecule has 2 fully saturated rings. The Balaban J connectivity index is 2.29. The largest absolute Gasteiger partial charge is 0.417 e. The lowest BCUT2D eigenvalue weighted by Crippen LogP contribution is -2.45. The maximum Gasteiger partial charge on any atom is 0.328 e. The van der Waals surface area contributed by atoms with E-state index in [9.17, 15) is 23.9 Å². The van der Waals surface area contributed by atoms with Gasteiger partial charge >= 0.3 is 19.5 Å². The second kappa shape index (κ2) is 8.71. The molecule has 2 heterocycles. The van der Waals surface area contributed by atoms with Crippen molar-refractivity contribution < 1.29 is 42.0 Å². The maximum absolute atomic E-state index is 12.5. The van der Waals surface area contributed by atoms with Crippen LogP contribution in [0.4, 0.5) is 0 Å². The van der Waals surface area contributed by atoms with Gasteiger partial charge in [-0.25, -0.2) is 0 Å². The van der Waals surface area contributed by atoms with Crippen molar-refractivity contribution in [2.24, 2.45) is 10.8 Å². The fourth-order valence-electron chi connectivity index (χ4n) is 3.30. The van der Waals surface area contributed by atoms with Crippen molar-refractivity contribution in [3.63, 3.8) is 0 Å². The fourth-order valence-corrected chi connectivity index (χ4v) is 6.30. The normalized spacial score (nSPS) is 36.1. The Morgan fingerprint density at radius 3 is 1.59 bits per heavy atom. The number of hydrogen-bond acceptors (Lipinski definition) is 7. The lowest BCUT2D eigenvalue weighted by Gasteiger charge is -2.41. The standard InChI is InChI=1S/C15H27O9P3/c1-5-14(9-21-25(3)23-12(14)16)7-11(27(18,19)20)8-15(6-2)10-22-26(4)24-13(15)17/h11H,5-10H2,1-4H3,(H2,18,19,20). The molecule has 0 spiro atoms. The Kier molecular flexibility index (Phi) is 7.47. The van der Waals surface area contributed by atoms with Crippen molar-refractivity contribution in [1.82, 2.24) is 0 Å². The number of hydrogen-bond donors (Lipinski definition) is 2. The summed E-state index contributed by atoms with van der Waals surface area (Å²) in [5, 5.41) is 0. The zero-order valence-electron chi connectivity index (χ0n) is 15.9. The first-order valence-corrected chi connectivity index (χ1v) is 13.6. The molecule has 0 amide bonds. The summed E-state index contributed by atoms with van der Waals surface area (Å²) in [5.41, 5.74) is -3.51. The second-order valence-corrected chi connectivity index (χ2v) is 11.7. The minimum Gasteiger partial charge on any atom is -0.417 e. The summed E-state index contributed by atoms with van der Waals surface area (Å²) in [6.07, 6.45) is 0.356. The van der Waals surface area contributed by atoms with E-state index in [4.69, 9.17) is 18.1 Å². The minimum absolute atomic E-state index is 0.0430. The van der Waals surface area contributed by atoms with Crippen LogP contribution < -0.4 is 0 Å². The van der Waals surface area contributed by atoms with E-state index in [0.717, 1.165) is 0 Å². The van der Waals surface area contributed by atoms with Crippen LogP contribution in [0.25, 0.3) is 0 Å². The van der Waals surface area contributed by atoms with Gasteiger partial charge in [-0.2, -0.15) is 0 Å². The quantitative estimate of drug-likeness (QED) is 0.569. The summed E-state index contributed by atoms with van der Waals surface area (Å²) in [6.45, 7) is 6.89. The molecule has 27 heavy (non-hydrogen) atoms. The Morgan fingerprint density at radius 1 is 0.963 bits per heavy atom. The predicted octanol–water partition coefficient (Wildman–Crippen LogP) is 3.14. The van der Waals surface area contributed by atoms with Gasteiger partial charge in [-0.1, -0.05) is 13.8 Å². The summed E-state index contributed by atoms with van der Waals surface area (Å²) >= 11 is 0. The number of rotatable bonds is 7. The predicted molar refractivity (Wildman–Crippen MR) is 100 cm³/mol. The van der Waals surface area contributed by atoms with Gasteiger partial charge in [0.2, 0.25) is 16.8 Å². The van der Waals surface area contributed by atoms with Crippen LogP contribution in [-0.4, -0.2) is 53.9 Å². The molecule has 0 aromatic carbocycles. The van der Waals surface area contributed by atoms with Crippen LogP contribution in [0.15, 0.2) is 0 Å². The van der Waals surface area contributed by atoms with Crippen LogP contribution >= 0.6 is 24.3 Å². The van der Waals surface area contributed by atoms with E-state index < -0.39 is 52.8 Å². The second-order valence-electron chi connectivity index (χ2n) is 7.10. The summed E-state index contributed by atoms with van der Waals surface area (Å²) in [6, 6.07) is 0. The molecule has 2 rings (SSSR count). The highest BCUT2D eigenvalue weighted by atomic mass is 31.2. The van der Waals surface area contributed by atoms with E-state index in [-0.39, 0.29) is 26.1 Å². The molecule has 9 nitrogen and oxygen atoms in total. The lowest BCUT2D eigenvalue weighted by molar-refractivity contribution is -0.154. The van der Waals surface area contributed by atoms with Crippen LogP contribution in [0.2, 0.25) is 0 Å². The van der Waals surface area contributed by atoms with Gasteiger partial charge in [-0.3, -0.25) is 14.2 Å². The van der Waals surface area contributed by atoms with Crippen LogP contribution in [-0.2, 0) is 32.2 Å². The molecule has 0 bridgehead atoms. The van der Waals surface area contributed by atoms with E-state index >= 15 is 0 Å². The number of carbonyl (C=O) groups is 2. The van der Waals surface area contributed by atoms with Gasteiger partial charge in [0.25, 0.3) is 0 Å². The molecule has 2 aliphatic rings. The summed E-state index contributed by atoms with van der Waals surface area (Å²) < 4.78 is 33.7. The topological polar surface area (TPSA) is 129 Å². The van der Waals surface area contributed by atoms with Crippen molar-refractivity contribution in [3.8, 4) is 0 Å². The third-order valence-electron chi connectivity index (χ3n) is 5.42. The van der Waals surface area contributed by atoms with E-state index in [1.807, 2.05) is 0 Å².